The number of allylic oxidation sites excluding steroid dienone is 2. The zero-order chi connectivity index (χ0) is 31.3. The summed E-state index contributed by atoms with van der Waals surface area (Å²) in [5, 5.41) is 23.3. The Bertz CT molecular complexity index is 1360. The monoisotopic (exact) mass is 605 g/mol. The molecule has 3 aliphatic rings. The van der Waals surface area contributed by atoms with Gasteiger partial charge in [0.15, 0.2) is 11.5 Å². The summed E-state index contributed by atoms with van der Waals surface area (Å²) in [5.74, 6) is 0.0224. The molecule has 2 aromatic rings. The van der Waals surface area contributed by atoms with Crippen LogP contribution in [0, 0.1) is 5.92 Å². The van der Waals surface area contributed by atoms with Gasteiger partial charge >= 0.3 is 5.97 Å². The lowest BCUT2D eigenvalue weighted by atomic mass is 9.79. The number of aliphatic hydroxyl groups excluding tert-OH is 1. The predicted molar refractivity (Wildman–Crippen MR) is 165 cm³/mol. The zero-order valence-electron chi connectivity index (χ0n) is 25.5. The molecule has 3 N–H and O–H groups in total. The average molecular weight is 606 g/mol. The summed E-state index contributed by atoms with van der Waals surface area (Å²) < 4.78 is 11.6. The number of hydrogen-bond acceptors (Lipinski definition) is 7. The summed E-state index contributed by atoms with van der Waals surface area (Å²) in [4.78, 5) is 42.9. The number of unbranched alkanes of at least 4 members (excludes halogenated alkanes) is 1. The van der Waals surface area contributed by atoms with Crippen LogP contribution in [-0.2, 0) is 16.1 Å². The van der Waals surface area contributed by atoms with E-state index in [1.807, 2.05) is 43.3 Å². The van der Waals surface area contributed by atoms with Crippen molar-refractivity contribution in [1.82, 2.24) is 15.1 Å². The number of piperidine rings is 1. The summed E-state index contributed by atoms with van der Waals surface area (Å²) >= 11 is 0. The Balaban J connectivity index is 1.22. The molecule has 2 saturated heterocycles. The third kappa shape index (κ3) is 6.61. The maximum atomic E-state index is 13.8. The van der Waals surface area contributed by atoms with E-state index >= 15 is 0 Å². The number of benzene rings is 2. The van der Waals surface area contributed by atoms with Crippen LogP contribution in [0.15, 0.2) is 54.6 Å². The van der Waals surface area contributed by atoms with E-state index in [9.17, 15) is 24.6 Å². The van der Waals surface area contributed by atoms with Crippen molar-refractivity contribution in [2.75, 3.05) is 26.2 Å². The van der Waals surface area contributed by atoms with Gasteiger partial charge in [-0.3, -0.25) is 14.5 Å². The Morgan fingerprint density at radius 2 is 1.75 bits per heavy atom. The number of likely N-dealkylation sites (tertiary alicyclic amines) is 1. The molecule has 236 valence electrons. The molecule has 2 heterocycles. The fourth-order valence-corrected chi connectivity index (χ4v) is 6.52. The molecule has 10 nitrogen and oxygen atoms in total. The van der Waals surface area contributed by atoms with E-state index in [0.717, 1.165) is 31.2 Å². The van der Waals surface area contributed by atoms with Gasteiger partial charge in [0, 0.05) is 26.2 Å². The summed E-state index contributed by atoms with van der Waals surface area (Å²) in [6.07, 6.45) is 7.38. The predicted octanol–water partition coefficient (Wildman–Crippen LogP) is 4.36. The zero-order valence-corrected chi connectivity index (χ0v) is 25.5. The number of nitrogens with one attached hydrogen (secondary N) is 1. The second-order valence-corrected chi connectivity index (χ2v) is 11.9. The molecule has 1 spiro atoms. The van der Waals surface area contributed by atoms with Gasteiger partial charge in [-0.15, -0.1) is 0 Å². The summed E-state index contributed by atoms with van der Waals surface area (Å²) in [6, 6.07) is 11.3. The molecule has 5 rings (SSSR count). The Labute approximate surface area is 258 Å². The molecule has 0 aromatic heterocycles. The molecule has 1 aliphatic carbocycles. The topological polar surface area (TPSA) is 129 Å². The van der Waals surface area contributed by atoms with Gasteiger partial charge in [0.2, 0.25) is 11.8 Å². The summed E-state index contributed by atoms with van der Waals surface area (Å²) in [5.41, 5.74) is 0.320. The number of carbonyl (C=O) groups excluding carboxylic acids is 2. The Hall–Kier alpha value is -3.89. The molecule has 2 aliphatic heterocycles. The largest absolute Gasteiger partial charge is 0.490 e. The number of hydrogen-bond donors (Lipinski definition) is 3. The van der Waals surface area contributed by atoms with E-state index in [1.54, 1.807) is 11.0 Å². The molecule has 44 heavy (non-hydrogen) atoms. The maximum absolute atomic E-state index is 13.8. The van der Waals surface area contributed by atoms with E-state index in [0.29, 0.717) is 62.9 Å². The number of nitrogens with zero attached hydrogens (tertiary/aromatic N) is 2. The lowest BCUT2D eigenvalue weighted by Crippen LogP contribution is -2.75. The molecule has 2 fully saturated rings. The van der Waals surface area contributed by atoms with Crippen molar-refractivity contribution >= 4 is 17.8 Å². The van der Waals surface area contributed by atoms with Crippen molar-refractivity contribution in [3.05, 3.63) is 65.7 Å². The molecule has 10 heteroatoms. The highest BCUT2D eigenvalue weighted by Crippen LogP contribution is 2.37. The van der Waals surface area contributed by atoms with Gasteiger partial charge in [-0.05, 0) is 80.8 Å². The van der Waals surface area contributed by atoms with Crippen molar-refractivity contribution in [1.29, 1.82) is 0 Å². The number of carbonyl (C=O) groups is 3. The van der Waals surface area contributed by atoms with Crippen molar-refractivity contribution in [3.63, 3.8) is 0 Å². The minimum Gasteiger partial charge on any atom is -0.490 e. The lowest BCUT2D eigenvalue weighted by molar-refractivity contribution is -0.165. The highest BCUT2D eigenvalue weighted by atomic mass is 16.5. The standard InChI is InChI=1S/C34H43N3O7/c1-3-5-18-37-31(39)29(30(38)24-8-6-7-9-24)35-33(42)34(37)16-19-36(20-17-34)22-23-10-13-26(14-11-23)44-27-15-12-25(32(40)41)21-28(27)43-4-2/h6-7,10-15,21,24,29-30,38H,3-5,8-9,16-20,22H2,1-2H3,(H,35,42)(H,40,41)/t29-,30?/m1/s1. The second-order valence-electron chi connectivity index (χ2n) is 11.9. The summed E-state index contributed by atoms with van der Waals surface area (Å²) in [7, 11) is 0. The number of ether oxygens (including phenoxy) is 2. The van der Waals surface area contributed by atoms with Crippen LogP contribution in [-0.4, -0.2) is 81.7 Å². The number of piperazine rings is 1. The van der Waals surface area contributed by atoms with Crippen molar-refractivity contribution in [3.8, 4) is 17.2 Å². The first kappa shape index (κ1) is 31.5. The molecule has 0 radical (unpaired) electrons. The van der Waals surface area contributed by atoms with Gasteiger partial charge in [0.25, 0.3) is 0 Å². The van der Waals surface area contributed by atoms with Gasteiger partial charge in [0.05, 0.1) is 18.3 Å². The Morgan fingerprint density at radius 1 is 1.05 bits per heavy atom. The molecular weight excluding hydrogens is 562 g/mol. The minimum atomic E-state index is -1.03. The van der Waals surface area contributed by atoms with E-state index in [2.05, 4.69) is 17.1 Å². The first-order valence-electron chi connectivity index (χ1n) is 15.7. The maximum Gasteiger partial charge on any atom is 0.335 e. The number of amides is 2. The first-order chi connectivity index (χ1) is 21.3. The number of carboxylic acid groups (broad SMARTS) is 1. The van der Waals surface area contributed by atoms with Crippen LogP contribution in [0.25, 0.3) is 0 Å². The van der Waals surface area contributed by atoms with E-state index < -0.39 is 23.7 Å². The van der Waals surface area contributed by atoms with Gasteiger partial charge in [-0.1, -0.05) is 37.6 Å². The molecular formula is C34H43N3O7. The third-order valence-corrected chi connectivity index (χ3v) is 9.09. The molecule has 1 unspecified atom stereocenters. The number of aromatic carboxylic acids is 1. The van der Waals surface area contributed by atoms with Gasteiger partial charge in [-0.2, -0.15) is 0 Å². The first-order valence-corrected chi connectivity index (χ1v) is 15.7. The second kappa shape index (κ2) is 13.8. The number of rotatable bonds is 12. The molecule has 0 bridgehead atoms. The fraction of sp³-hybridized carbons (Fsp3) is 0.500. The highest BCUT2D eigenvalue weighted by Gasteiger charge is 2.55. The van der Waals surface area contributed by atoms with Crippen molar-refractivity contribution in [2.45, 2.75) is 76.6 Å². The van der Waals surface area contributed by atoms with Gasteiger partial charge in [0.1, 0.15) is 17.3 Å². The van der Waals surface area contributed by atoms with Crippen molar-refractivity contribution in [2.24, 2.45) is 5.92 Å². The normalized spacial score (nSPS) is 21.0. The quantitative estimate of drug-likeness (QED) is 0.305. The van der Waals surface area contributed by atoms with Crippen LogP contribution < -0.4 is 14.8 Å². The Morgan fingerprint density at radius 3 is 2.39 bits per heavy atom. The van der Waals surface area contributed by atoms with Crippen LogP contribution in [0.5, 0.6) is 17.2 Å². The summed E-state index contributed by atoms with van der Waals surface area (Å²) in [6.45, 7) is 6.80. The Kier molecular flexibility index (Phi) is 9.90. The smallest absolute Gasteiger partial charge is 0.335 e. The van der Waals surface area contributed by atoms with Gasteiger partial charge in [-0.25, -0.2) is 4.79 Å². The molecule has 0 saturated carbocycles. The number of carboxylic acids is 1. The highest BCUT2D eigenvalue weighted by molar-refractivity contribution is 6.00. The SMILES string of the molecule is CCCCN1C(=O)[C@@H](C(O)C2CC=CC2)NC(=O)C12CCN(Cc1ccc(Oc3ccc(C(=O)O)cc3OCC)cc1)CC2. The van der Waals surface area contributed by atoms with Crippen LogP contribution >= 0.6 is 0 Å². The van der Waals surface area contributed by atoms with E-state index in [-0.39, 0.29) is 23.3 Å². The van der Waals surface area contributed by atoms with E-state index in [4.69, 9.17) is 9.47 Å². The molecule has 2 atom stereocenters. The fourth-order valence-electron chi connectivity index (χ4n) is 6.52. The van der Waals surface area contributed by atoms with Gasteiger partial charge < -0.3 is 29.9 Å². The van der Waals surface area contributed by atoms with Crippen LogP contribution in [0.3, 0.4) is 0 Å². The van der Waals surface area contributed by atoms with Crippen LogP contribution in [0.4, 0.5) is 0 Å². The lowest BCUT2D eigenvalue weighted by Gasteiger charge is -2.52. The van der Waals surface area contributed by atoms with Crippen molar-refractivity contribution < 1.29 is 34.1 Å². The average Bonchev–Trinajstić information content (AvgIpc) is 3.57. The van der Waals surface area contributed by atoms with Crippen LogP contribution in [0.1, 0.15) is 68.3 Å². The van der Waals surface area contributed by atoms with Crippen LogP contribution in [0.2, 0.25) is 0 Å². The van der Waals surface area contributed by atoms with E-state index in [1.165, 1.54) is 12.1 Å². The minimum absolute atomic E-state index is 0.0471. The number of aliphatic hydroxyl groups is 1. The molecule has 2 aromatic carbocycles. The molecule has 2 amide bonds. The third-order valence-electron chi connectivity index (χ3n) is 9.09.